The summed E-state index contributed by atoms with van der Waals surface area (Å²) in [5.74, 6) is 0.173. The Morgan fingerprint density at radius 1 is 1.17 bits per heavy atom. The van der Waals surface area contributed by atoms with Crippen molar-refractivity contribution in [3.05, 3.63) is 29.8 Å². The number of carbonyl (C=O) groups is 2. The van der Waals surface area contributed by atoms with E-state index in [2.05, 4.69) is 16.5 Å². The highest BCUT2D eigenvalue weighted by atomic mass is 32.2. The van der Waals surface area contributed by atoms with Crippen molar-refractivity contribution in [1.29, 1.82) is 0 Å². The number of nitrogens with one attached hydrogen (secondary N) is 1. The number of hydrogen-bond donors (Lipinski definition) is 1. The van der Waals surface area contributed by atoms with E-state index in [9.17, 15) is 9.59 Å². The Labute approximate surface area is 142 Å². The molecule has 23 heavy (non-hydrogen) atoms. The number of carbonyl (C=O) groups excluding carboxylic acids is 2. The molecule has 2 aliphatic heterocycles. The lowest BCUT2D eigenvalue weighted by Crippen LogP contribution is -2.47. The van der Waals surface area contributed by atoms with Crippen LogP contribution in [0.5, 0.6) is 0 Å². The molecule has 2 aliphatic rings. The Kier molecular flexibility index (Phi) is 4.95. The molecule has 0 aliphatic carbocycles. The van der Waals surface area contributed by atoms with Gasteiger partial charge >= 0.3 is 0 Å². The number of hydrogen-bond acceptors (Lipinski definition) is 3. The average Bonchev–Trinajstić information content (AvgIpc) is 2.79. The number of thioether (sulfide) groups is 1. The van der Waals surface area contributed by atoms with Gasteiger partial charge in [-0.1, -0.05) is 12.1 Å². The molecule has 2 saturated heterocycles. The van der Waals surface area contributed by atoms with Gasteiger partial charge in [-0.3, -0.25) is 9.59 Å². The molecule has 1 aromatic carbocycles. The molecule has 2 amide bonds. The highest BCUT2D eigenvalue weighted by molar-refractivity contribution is 7.99. The van der Waals surface area contributed by atoms with Gasteiger partial charge in [0.1, 0.15) is 0 Å². The first-order chi connectivity index (χ1) is 11.1. The van der Waals surface area contributed by atoms with Gasteiger partial charge in [-0.05, 0) is 49.6 Å². The predicted octanol–water partition coefficient (Wildman–Crippen LogP) is 3.07. The van der Waals surface area contributed by atoms with Crippen LogP contribution in [0.15, 0.2) is 24.3 Å². The molecule has 2 bridgehead atoms. The smallest absolute Gasteiger partial charge is 0.227 e. The van der Waals surface area contributed by atoms with Crippen molar-refractivity contribution < 1.29 is 9.59 Å². The van der Waals surface area contributed by atoms with Gasteiger partial charge in [-0.25, -0.2) is 0 Å². The summed E-state index contributed by atoms with van der Waals surface area (Å²) in [6, 6.07) is 8.46. The Morgan fingerprint density at radius 3 is 2.30 bits per heavy atom. The van der Waals surface area contributed by atoms with E-state index in [4.69, 9.17) is 0 Å². The van der Waals surface area contributed by atoms with Crippen LogP contribution in [-0.2, 0) is 16.0 Å². The van der Waals surface area contributed by atoms with E-state index in [0.29, 0.717) is 23.8 Å². The minimum atomic E-state index is -0.0814. The van der Waals surface area contributed by atoms with Crippen molar-refractivity contribution >= 4 is 29.3 Å². The van der Waals surface area contributed by atoms with Gasteiger partial charge < -0.3 is 10.2 Å². The van der Waals surface area contributed by atoms with Gasteiger partial charge in [0, 0.05) is 29.9 Å². The summed E-state index contributed by atoms with van der Waals surface area (Å²) < 4.78 is 0. The normalized spacial score (nSPS) is 26.2. The molecule has 0 radical (unpaired) electrons. The minimum Gasteiger partial charge on any atom is -0.336 e. The maximum atomic E-state index is 12.7. The molecule has 4 nitrogen and oxygen atoms in total. The minimum absolute atomic E-state index is 0.0814. The summed E-state index contributed by atoms with van der Waals surface area (Å²) in [7, 11) is 0. The summed E-state index contributed by atoms with van der Waals surface area (Å²) in [6.07, 6.45) is 7.25. The number of nitrogens with zero attached hydrogens (tertiary/aromatic N) is 1. The van der Waals surface area contributed by atoms with Gasteiger partial charge in [0.05, 0.1) is 6.42 Å². The monoisotopic (exact) mass is 332 g/mol. The maximum Gasteiger partial charge on any atom is 0.227 e. The van der Waals surface area contributed by atoms with Crippen molar-refractivity contribution in [2.24, 2.45) is 0 Å². The molecule has 2 fully saturated rings. The van der Waals surface area contributed by atoms with Crippen LogP contribution in [0.4, 0.5) is 5.69 Å². The van der Waals surface area contributed by atoms with Gasteiger partial charge in [0.25, 0.3) is 0 Å². The molecule has 0 aromatic heterocycles. The Morgan fingerprint density at radius 2 is 1.78 bits per heavy atom. The largest absolute Gasteiger partial charge is 0.336 e. The zero-order chi connectivity index (χ0) is 16.4. The van der Waals surface area contributed by atoms with E-state index in [1.165, 1.54) is 6.92 Å². The molecule has 2 heterocycles. The lowest BCUT2D eigenvalue weighted by Gasteiger charge is -2.38. The van der Waals surface area contributed by atoms with Crippen molar-refractivity contribution in [1.82, 2.24) is 4.90 Å². The zero-order valence-corrected chi connectivity index (χ0v) is 14.6. The first-order valence-corrected chi connectivity index (χ1v) is 9.56. The van der Waals surface area contributed by atoms with E-state index in [1.54, 1.807) is 0 Å². The van der Waals surface area contributed by atoms with Crippen LogP contribution in [0.2, 0.25) is 0 Å². The standard InChI is InChI=1S/C18H24N2O2S/c1-12(21)19-14-5-3-13(4-6-14)9-18(22)20-15-7-8-16(20)11-17(10-15)23-2/h3-6,15-17H,7-11H2,1-2H3,(H,19,21). The third kappa shape index (κ3) is 3.71. The molecule has 124 valence electrons. The average molecular weight is 332 g/mol. The Hall–Kier alpha value is -1.49. The van der Waals surface area contributed by atoms with E-state index in [0.717, 1.165) is 36.9 Å². The summed E-state index contributed by atoms with van der Waals surface area (Å²) in [6.45, 7) is 1.49. The topological polar surface area (TPSA) is 49.4 Å². The fourth-order valence-corrected chi connectivity index (χ4v) is 4.73. The highest BCUT2D eigenvalue weighted by Gasteiger charge is 2.42. The van der Waals surface area contributed by atoms with Crippen LogP contribution in [0.1, 0.15) is 38.2 Å². The Bertz CT molecular complexity index is 573. The predicted molar refractivity (Wildman–Crippen MR) is 94.6 cm³/mol. The summed E-state index contributed by atoms with van der Waals surface area (Å²) in [5.41, 5.74) is 1.78. The van der Waals surface area contributed by atoms with Gasteiger partial charge in [-0.15, -0.1) is 0 Å². The van der Waals surface area contributed by atoms with Crippen molar-refractivity contribution in [2.75, 3.05) is 11.6 Å². The number of anilines is 1. The van der Waals surface area contributed by atoms with Crippen molar-refractivity contribution in [3.8, 4) is 0 Å². The third-order valence-electron chi connectivity index (χ3n) is 4.94. The molecule has 5 heteroatoms. The molecular weight excluding hydrogens is 308 g/mol. The molecule has 1 N–H and O–H groups in total. The van der Waals surface area contributed by atoms with Crippen molar-refractivity contribution in [2.45, 2.75) is 56.4 Å². The van der Waals surface area contributed by atoms with Gasteiger partial charge in [0.2, 0.25) is 11.8 Å². The van der Waals surface area contributed by atoms with Crippen molar-refractivity contribution in [3.63, 3.8) is 0 Å². The van der Waals surface area contributed by atoms with Crippen LogP contribution in [0, 0.1) is 0 Å². The SMILES string of the molecule is CSC1CC2CCC(C1)N2C(=O)Cc1ccc(NC(C)=O)cc1. The number of fused-ring (bicyclic) bond motifs is 2. The lowest BCUT2D eigenvalue weighted by molar-refractivity contribution is -0.134. The number of piperidine rings is 1. The molecular formula is C18H24N2O2S. The van der Waals surface area contributed by atoms with E-state index in [-0.39, 0.29) is 11.8 Å². The second kappa shape index (κ2) is 6.95. The molecule has 2 atom stereocenters. The second-order valence-electron chi connectivity index (χ2n) is 6.57. The third-order valence-corrected chi connectivity index (χ3v) is 5.99. The lowest BCUT2D eigenvalue weighted by atomic mass is 10.0. The van der Waals surface area contributed by atoms with Crippen LogP contribution >= 0.6 is 11.8 Å². The highest BCUT2D eigenvalue weighted by Crippen LogP contribution is 2.39. The second-order valence-corrected chi connectivity index (χ2v) is 7.71. The fourth-order valence-electron chi connectivity index (χ4n) is 3.90. The zero-order valence-electron chi connectivity index (χ0n) is 13.7. The quantitative estimate of drug-likeness (QED) is 0.922. The summed E-state index contributed by atoms with van der Waals surface area (Å²) in [4.78, 5) is 25.9. The summed E-state index contributed by atoms with van der Waals surface area (Å²) >= 11 is 1.94. The molecule has 0 saturated carbocycles. The van der Waals surface area contributed by atoms with Crippen LogP contribution < -0.4 is 5.32 Å². The van der Waals surface area contributed by atoms with Gasteiger partial charge in [0.15, 0.2) is 0 Å². The Balaban J connectivity index is 1.62. The number of amides is 2. The van der Waals surface area contributed by atoms with Gasteiger partial charge in [-0.2, -0.15) is 11.8 Å². The number of rotatable bonds is 4. The maximum absolute atomic E-state index is 12.7. The van der Waals surface area contributed by atoms with E-state index < -0.39 is 0 Å². The van der Waals surface area contributed by atoms with Crippen LogP contribution in [0.25, 0.3) is 0 Å². The first-order valence-electron chi connectivity index (χ1n) is 8.27. The van der Waals surface area contributed by atoms with Crippen LogP contribution in [0.3, 0.4) is 0 Å². The molecule has 3 rings (SSSR count). The fraction of sp³-hybridized carbons (Fsp3) is 0.556. The first kappa shape index (κ1) is 16.4. The molecule has 1 aromatic rings. The van der Waals surface area contributed by atoms with Crippen LogP contribution in [-0.4, -0.2) is 40.3 Å². The molecule has 2 unspecified atom stereocenters. The van der Waals surface area contributed by atoms with E-state index >= 15 is 0 Å². The summed E-state index contributed by atoms with van der Waals surface area (Å²) in [5, 5.41) is 3.46. The molecule has 0 spiro atoms. The number of benzene rings is 1. The van der Waals surface area contributed by atoms with E-state index in [1.807, 2.05) is 36.0 Å².